The number of benzene rings is 2. The molecule has 2 N–H and O–H groups in total. The molecule has 1 fully saturated rings. The van der Waals surface area contributed by atoms with E-state index in [1.807, 2.05) is 42.5 Å². The number of carbonyl (C=O) groups is 1. The number of rotatable bonds is 10. The number of aromatic nitrogens is 2. The van der Waals surface area contributed by atoms with E-state index in [0.29, 0.717) is 66.7 Å². The molecule has 2 aromatic heterocycles. The van der Waals surface area contributed by atoms with Crippen LogP contribution in [-0.4, -0.2) is 57.7 Å². The summed E-state index contributed by atoms with van der Waals surface area (Å²) in [5.41, 5.74) is 7.86. The number of carbonyl (C=O) groups excluding carboxylic acids is 1. The fourth-order valence-corrected chi connectivity index (χ4v) is 4.70. The van der Waals surface area contributed by atoms with Crippen molar-refractivity contribution < 1.29 is 28.5 Å². The van der Waals surface area contributed by atoms with Gasteiger partial charge in [-0.15, -0.1) is 0 Å². The second kappa shape index (κ2) is 11.4. The van der Waals surface area contributed by atoms with Gasteiger partial charge in [0.2, 0.25) is 0 Å². The van der Waals surface area contributed by atoms with Gasteiger partial charge in [0, 0.05) is 47.9 Å². The van der Waals surface area contributed by atoms with Gasteiger partial charge in [-0.25, -0.2) is 14.8 Å². The first-order valence-electron chi connectivity index (χ1n) is 12.6. The van der Waals surface area contributed by atoms with Crippen molar-refractivity contribution in [2.45, 2.75) is 13.1 Å². The zero-order valence-corrected chi connectivity index (χ0v) is 22.8. The van der Waals surface area contributed by atoms with Crippen molar-refractivity contribution in [3.63, 3.8) is 0 Å². The summed E-state index contributed by atoms with van der Waals surface area (Å²) in [6.45, 7) is 1.50. The summed E-state index contributed by atoms with van der Waals surface area (Å²) in [5.74, 6) is 4.12. The molecule has 0 aliphatic carbocycles. The third-order valence-corrected chi connectivity index (χ3v) is 6.75. The van der Waals surface area contributed by atoms with Gasteiger partial charge in [-0.05, 0) is 41.8 Å². The summed E-state index contributed by atoms with van der Waals surface area (Å²) >= 11 is 0. The molecular formula is C29H31N5O6. The Labute approximate surface area is 232 Å². The van der Waals surface area contributed by atoms with Crippen molar-refractivity contribution in [2.24, 2.45) is 0 Å². The lowest BCUT2D eigenvalue weighted by Crippen LogP contribution is -2.27. The van der Waals surface area contributed by atoms with E-state index in [1.54, 1.807) is 40.7 Å². The van der Waals surface area contributed by atoms with E-state index < -0.39 is 6.09 Å². The maximum absolute atomic E-state index is 12.5. The fourth-order valence-electron chi connectivity index (χ4n) is 4.70. The molecule has 0 spiro atoms. The summed E-state index contributed by atoms with van der Waals surface area (Å²) in [4.78, 5) is 25.4. The van der Waals surface area contributed by atoms with Crippen LogP contribution in [-0.2, 0) is 17.8 Å². The van der Waals surface area contributed by atoms with Crippen LogP contribution in [0.1, 0.15) is 11.1 Å². The average molecular weight is 546 g/mol. The quantitative estimate of drug-likeness (QED) is 0.307. The lowest BCUT2D eigenvalue weighted by Gasteiger charge is -2.28. The minimum atomic E-state index is -0.444. The molecule has 11 nitrogen and oxygen atoms in total. The molecule has 1 saturated heterocycles. The van der Waals surface area contributed by atoms with Crippen LogP contribution in [0.2, 0.25) is 0 Å². The maximum Gasteiger partial charge on any atom is 0.415 e. The SMILES string of the molecule is COc1ccc(CN(Cc2ccc(OC)cc2OC)c2nc(N3CCOC3=O)cc3cc(N)ncc23)c(OC)c1. The highest BCUT2D eigenvalue weighted by atomic mass is 16.6. The molecule has 0 atom stereocenters. The Morgan fingerprint density at radius 3 is 2.05 bits per heavy atom. The fraction of sp³-hybridized carbons (Fsp3) is 0.276. The van der Waals surface area contributed by atoms with E-state index >= 15 is 0 Å². The van der Waals surface area contributed by atoms with Crippen LogP contribution in [0, 0.1) is 0 Å². The van der Waals surface area contributed by atoms with Crippen molar-refractivity contribution in [3.05, 3.63) is 65.9 Å². The second-order valence-electron chi connectivity index (χ2n) is 9.11. The van der Waals surface area contributed by atoms with E-state index in [2.05, 4.69) is 9.88 Å². The number of hydrogen-bond donors (Lipinski definition) is 1. The highest BCUT2D eigenvalue weighted by molar-refractivity contribution is 5.98. The number of methoxy groups -OCH3 is 4. The monoisotopic (exact) mass is 545 g/mol. The van der Waals surface area contributed by atoms with Gasteiger partial charge in [-0.2, -0.15) is 0 Å². The molecule has 0 radical (unpaired) electrons. The third-order valence-electron chi connectivity index (χ3n) is 6.75. The molecule has 1 aliphatic rings. The van der Waals surface area contributed by atoms with Crippen molar-refractivity contribution >= 4 is 34.3 Å². The number of nitrogens with zero attached hydrogens (tertiary/aromatic N) is 4. The summed E-state index contributed by atoms with van der Waals surface area (Å²) in [6.07, 6.45) is 1.25. The van der Waals surface area contributed by atoms with Gasteiger partial charge in [-0.1, -0.05) is 0 Å². The van der Waals surface area contributed by atoms with Crippen LogP contribution >= 0.6 is 0 Å². The molecule has 5 rings (SSSR count). The molecule has 40 heavy (non-hydrogen) atoms. The average Bonchev–Trinajstić information content (AvgIpc) is 3.41. The van der Waals surface area contributed by atoms with Crippen molar-refractivity contribution in [1.82, 2.24) is 9.97 Å². The van der Waals surface area contributed by atoms with Crippen LogP contribution < -0.4 is 34.5 Å². The molecule has 1 amide bonds. The Bertz CT molecular complexity index is 1490. The van der Waals surface area contributed by atoms with E-state index in [4.69, 9.17) is 34.4 Å². The van der Waals surface area contributed by atoms with Crippen molar-refractivity contribution in [1.29, 1.82) is 0 Å². The molecule has 0 unspecified atom stereocenters. The van der Waals surface area contributed by atoms with E-state index in [1.165, 1.54) is 4.90 Å². The van der Waals surface area contributed by atoms with Gasteiger partial charge in [0.1, 0.15) is 47.1 Å². The van der Waals surface area contributed by atoms with Crippen LogP contribution in [0.15, 0.2) is 54.7 Å². The summed E-state index contributed by atoms with van der Waals surface area (Å²) in [6, 6.07) is 14.9. The summed E-state index contributed by atoms with van der Waals surface area (Å²) in [7, 11) is 6.46. The number of cyclic esters (lactones) is 1. The number of nitrogens with two attached hydrogens (primary N) is 1. The van der Waals surface area contributed by atoms with Crippen LogP contribution in [0.4, 0.5) is 22.2 Å². The Morgan fingerprint density at radius 2 is 1.52 bits per heavy atom. The smallest absolute Gasteiger partial charge is 0.415 e. The van der Waals surface area contributed by atoms with E-state index in [-0.39, 0.29) is 0 Å². The standard InChI is InChI=1S/C29H31N5O6/c1-36-21-7-5-18(24(13-21)38-3)16-33(17-19-6-8-22(37-2)14-25(19)39-4)28-23-15-31-26(30)11-20(23)12-27(32-28)34-9-10-40-29(34)35/h5-8,11-15H,9-10,16-17H2,1-4H3,(H2,30,31). The molecule has 4 aromatic rings. The molecule has 208 valence electrons. The minimum Gasteiger partial charge on any atom is -0.497 e. The molecular weight excluding hydrogens is 514 g/mol. The zero-order chi connectivity index (χ0) is 28.2. The topological polar surface area (TPSA) is 122 Å². The van der Waals surface area contributed by atoms with Crippen molar-refractivity contribution in [3.8, 4) is 23.0 Å². The first-order valence-corrected chi connectivity index (χ1v) is 12.6. The highest BCUT2D eigenvalue weighted by Gasteiger charge is 2.27. The van der Waals surface area contributed by atoms with Gasteiger partial charge in [0.15, 0.2) is 0 Å². The summed E-state index contributed by atoms with van der Waals surface area (Å²) in [5, 5.41) is 1.56. The van der Waals surface area contributed by atoms with Gasteiger partial charge in [0.05, 0.1) is 35.0 Å². The van der Waals surface area contributed by atoms with Crippen LogP contribution in [0.25, 0.3) is 10.8 Å². The molecule has 0 bridgehead atoms. The predicted molar refractivity (Wildman–Crippen MR) is 152 cm³/mol. The normalized spacial score (nSPS) is 12.8. The number of fused-ring (bicyclic) bond motifs is 1. The van der Waals surface area contributed by atoms with Crippen molar-refractivity contribution in [2.75, 3.05) is 57.1 Å². The molecule has 2 aromatic carbocycles. The first-order chi connectivity index (χ1) is 19.4. The number of hydrogen-bond acceptors (Lipinski definition) is 10. The number of pyridine rings is 2. The summed E-state index contributed by atoms with van der Waals surface area (Å²) < 4.78 is 27.4. The van der Waals surface area contributed by atoms with Gasteiger partial charge in [-0.3, -0.25) is 4.90 Å². The maximum atomic E-state index is 12.5. The van der Waals surface area contributed by atoms with Gasteiger partial charge >= 0.3 is 6.09 Å². The zero-order valence-electron chi connectivity index (χ0n) is 22.8. The Kier molecular flexibility index (Phi) is 7.63. The minimum absolute atomic E-state index is 0.294. The van der Waals surface area contributed by atoms with Crippen LogP contribution in [0.5, 0.6) is 23.0 Å². The number of nitrogen functional groups attached to an aromatic ring is 1. The Morgan fingerprint density at radius 1 is 0.900 bits per heavy atom. The number of ether oxygens (including phenoxy) is 5. The first kappa shape index (κ1) is 26.7. The highest BCUT2D eigenvalue weighted by Crippen LogP contribution is 2.36. The van der Waals surface area contributed by atoms with E-state index in [0.717, 1.165) is 21.9 Å². The van der Waals surface area contributed by atoms with Gasteiger partial charge < -0.3 is 34.3 Å². The lowest BCUT2D eigenvalue weighted by molar-refractivity contribution is 0.181. The Hall–Kier alpha value is -4.93. The second-order valence-corrected chi connectivity index (χ2v) is 9.11. The molecule has 1 aliphatic heterocycles. The largest absolute Gasteiger partial charge is 0.497 e. The number of anilines is 3. The number of amides is 1. The van der Waals surface area contributed by atoms with Crippen LogP contribution in [0.3, 0.4) is 0 Å². The Balaban J connectivity index is 1.68. The van der Waals surface area contributed by atoms with E-state index in [9.17, 15) is 4.79 Å². The third kappa shape index (κ3) is 5.31. The molecule has 3 heterocycles. The lowest BCUT2D eigenvalue weighted by atomic mass is 10.1. The van der Waals surface area contributed by atoms with Gasteiger partial charge in [0.25, 0.3) is 0 Å². The molecule has 11 heteroatoms. The predicted octanol–water partition coefficient (Wildman–Crippen LogP) is 4.41. The molecule has 0 saturated carbocycles.